The van der Waals surface area contributed by atoms with Gasteiger partial charge >= 0.3 is 13.1 Å². The first-order valence-electron chi connectivity index (χ1n) is 13.7. The van der Waals surface area contributed by atoms with Gasteiger partial charge in [0.25, 0.3) is 0 Å². The van der Waals surface area contributed by atoms with E-state index in [0.717, 1.165) is 12.8 Å². The lowest BCUT2D eigenvalue weighted by Crippen LogP contribution is -2.65. The molecule has 0 spiro atoms. The molecule has 2 aromatic rings. The molecule has 10 heteroatoms. The summed E-state index contributed by atoms with van der Waals surface area (Å²) in [5, 5.41) is 12.8. The maximum absolute atomic E-state index is 13.5. The number of aromatic carboxylic acids is 1. The Morgan fingerprint density at radius 2 is 1.85 bits per heavy atom. The molecule has 3 saturated carbocycles. The molecule has 1 heterocycles. The monoisotopic (exact) mass is 551 g/mol. The summed E-state index contributed by atoms with van der Waals surface area (Å²) in [5.41, 5.74) is 1.09. The number of nitrogens with one attached hydrogen (secondary N) is 1. The smallest absolute Gasteiger partial charge is 0.482 e. The van der Waals surface area contributed by atoms with E-state index in [1.165, 1.54) is 13.2 Å². The third-order valence-electron chi connectivity index (χ3n) is 9.45. The van der Waals surface area contributed by atoms with Crippen LogP contribution in [0, 0.1) is 17.3 Å². The molecule has 4 unspecified atom stereocenters. The van der Waals surface area contributed by atoms with E-state index < -0.39 is 24.6 Å². The van der Waals surface area contributed by atoms with Gasteiger partial charge in [0.2, 0.25) is 5.91 Å². The normalized spacial score (nSPS) is 26.8. The summed E-state index contributed by atoms with van der Waals surface area (Å²) in [4.78, 5) is 25.4. The molecule has 6 rings (SSSR count). The molecule has 40 heavy (non-hydrogen) atoms. The van der Waals surface area contributed by atoms with Crippen LogP contribution in [0.4, 0.5) is 0 Å². The minimum atomic E-state index is -1.08. The summed E-state index contributed by atoms with van der Waals surface area (Å²) < 4.78 is 29.6. The van der Waals surface area contributed by atoms with Gasteiger partial charge in [-0.25, -0.2) is 4.79 Å². The number of amides is 1. The Balaban J connectivity index is 1.43. The summed E-state index contributed by atoms with van der Waals surface area (Å²) in [6, 6.07) is 10.3. The van der Waals surface area contributed by atoms with E-state index in [9.17, 15) is 14.7 Å². The lowest BCUT2D eigenvalue weighted by atomic mass is 9.43. The van der Waals surface area contributed by atoms with Crippen LogP contribution in [-0.2, 0) is 26.9 Å². The van der Waals surface area contributed by atoms with Gasteiger partial charge < -0.3 is 33.9 Å². The van der Waals surface area contributed by atoms with Crippen molar-refractivity contribution in [2.45, 2.75) is 64.1 Å². The molecule has 4 aliphatic rings. The van der Waals surface area contributed by atoms with E-state index in [1.54, 1.807) is 44.6 Å². The molecule has 1 aliphatic heterocycles. The number of rotatable bonds is 10. The maximum Gasteiger partial charge on any atom is 0.482 e. The Labute approximate surface area is 235 Å². The summed E-state index contributed by atoms with van der Waals surface area (Å²) in [6.45, 7) is 6.73. The summed E-state index contributed by atoms with van der Waals surface area (Å²) in [7, 11) is 3.87. The standard InChI is InChI=1S/C30H38BNO8/c1-29(2)19-15-23(29)30(3)24(16-19)39-31(40-30)25(13-17-8-7-9-21(28(34)35)27(17)38-6)32-26(33)14-18-12-20(36-4)10-11-22(18)37-5/h7-12,19,23-25H,13-16H2,1-6H3,(H,32,33)(H,34,35)/t19?,23-,24?,25?,30?/m1/s1. The quantitative estimate of drug-likeness (QED) is 0.427. The third-order valence-corrected chi connectivity index (χ3v) is 9.45. The number of para-hydroxylation sites is 1. The van der Waals surface area contributed by atoms with Crippen LogP contribution in [0.2, 0.25) is 0 Å². The van der Waals surface area contributed by atoms with Gasteiger partial charge in [0.05, 0.1) is 45.4 Å². The van der Waals surface area contributed by atoms with E-state index in [0.29, 0.717) is 34.5 Å². The van der Waals surface area contributed by atoms with Gasteiger partial charge in [0, 0.05) is 5.56 Å². The Hall–Kier alpha value is -3.24. The lowest BCUT2D eigenvalue weighted by Gasteiger charge is -2.64. The van der Waals surface area contributed by atoms with Gasteiger partial charge in [-0.3, -0.25) is 4.79 Å². The number of carboxylic acid groups (broad SMARTS) is 1. The molecule has 0 radical (unpaired) electrons. The minimum absolute atomic E-state index is 0.0499. The highest BCUT2D eigenvalue weighted by molar-refractivity contribution is 6.48. The highest BCUT2D eigenvalue weighted by Crippen LogP contribution is 2.65. The van der Waals surface area contributed by atoms with E-state index >= 15 is 0 Å². The highest BCUT2D eigenvalue weighted by Gasteiger charge is 2.68. The van der Waals surface area contributed by atoms with Crippen molar-refractivity contribution in [2.24, 2.45) is 17.3 Å². The van der Waals surface area contributed by atoms with Crippen LogP contribution in [0.5, 0.6) is 17.2 Å². The fourth-order valence-corrected chi connectivity index (χ4v) is 7.13. The van der Waals surface area contributed by atoms with Crippen molar-refractivity contribution in [1.82, 2.24) is 5.32 Å². The molecule has 1 amide bonds. The molecule has 9 nitrogen and oxygen atoms in total. The molecule has 2 aromatic carbocycles. The Bertz CT molecular complexity index is 1300. The Morgan fingerprint density at radius 3 is 2.50 bits per heavy atom. The van der Waals surface area contributed by atoms with Crippen molar-refractivity contribution in [1.29, 1.82) is 0 Å². The second-order valence-corrected chi connectivity index (χ2v) is 11.9. The fourth-order valence-electron chi connectivity index (χ4n) is 7.13. The number of methoxy groups -OCH3 is 3. The number of carbonyl (C=O) groups is 2. The fraction of sp³-hybridized carbons (Fsp3) is 0.533. The zero-order valence-electron chi connectivity index (χ0n) is 24.0. The zero-order chi connectivity index (χ0) is 28.8. The lowest BCUT2D eigenvalue weighted by molar-refractivity contribution is -0.199. The zero-order valence-corrected chi connectivity index (χ0v) is 24.0. The average Bonchev–Trinajstić information content (AvgIpc) is 3.29. The molecule has 5 atom stereocenters. The van der Waals surface area contributed by atoms with Crippen LogP contribution in [0.25, 0.3) is 0 Å². The van der Waals surface area contributed by atoms with E-state index in [2.05, 4.69) is 26.1 Å². The van der Waals surface area contributed by atoms with Crippen molar-refractivity contribution >= 4 is 19.0 Å². The number of carboxylic acids is 1. The number of carbonyl (C=O) groups excluding carboxylic acids is 1. The second-order valence-electron chi connectivity index (χ2n) is 11.9. The van der Waals surface area contributed by atoms with E-state index in [-0.39, 0.29) is 41.6 Å². The molecule has 1 saturated heterocycles. The van der Waals surface area contributed by atoms with Crippen molar-refractivity contribution in [3.63, 3.8) is 0 Å². The van der Waals surface area contributed by atoms with Crippen LogP contribution in [-0.4, -0.2) is 63.1 Å². The maximum atomic E-state index is 13.5. The molecular weight excluding hydrogens is 513 g/mol. The molecular formula is C30H38BNO8. The number of ether oxygens (including phenoxy) is 3. The number of benzene rings is 2. The SMILES string of the molecule is COc1ccc(OC)c(CC(=O)NC(Cc2cccc(C(=O)O)c2OC)B2OC3CC4C[C@H](C4(C)C)C3(C)O2)c1. The molecule has 214 valence electrons. The van der Waals surface area contributed by atoms with Gasteiger partial charge in [-0.05, 0) is 73.3 Å². The highest BCUT2D eigenvalue weighted by atomic mass is 16.7. The van der Waals surface area contributed by atoms with Crippen LogP contribution < -0.4 is 19.5 Å². The van der Waals surface area contributed by atoms with Crippen LogP contribution in [0.1, 0.15) is 55.1 Å². The van der Waals surface area contributed by atoms with Gasteiger partial charge in [-0.2, -0.15) is 0 Å². The van der Waals surface area contributed by atoms with Crippen molar-refractivity contribution in [3.05, 3.63) is 53.1 Å². The predicted molar refractivity (Wildman–Crippen MR) is 149 cm³/mol. The average molecular weight is 551 g/mol. The molecule has 3 aliphatic carbocycles. The summed E-state index contributed by atoms with van der Waals surface area (Å²) in [6.07, 6.45) is 2.26. The third kappa shape index (κ3) is 4.81. The van der Waals surface area contributed by atoms with Gasteiger partial charge in [-0.15, -0.1) is 0 Å². The van der Waals surface area contributed by atoms with Gasteiger partial charge in [0.1, 0.15) is 22.8 Å². The topological polar surface area (TPSA) is 113 Å². The number of hydrogen-bond donors (Lipinski definition) is 2. The van der Waals surface area contributed by atoms with Crippen LogP contribution in [0.3, 0.4) is 0 Å². The van der Waals surface area contributed by atoms with Crippen molar-refractivity contribution in [3.8, 4) is 17.2 Å². The minimum Gasteiger partial charge on any atom is -0.497 e. The van der Waals surface area contributed by atoms with E-state index in [4.69, 9.17) is 23.5 Å². The largest absolute Gasteiger partial charge is 0.497 e. The second kappa shape index (κ2) is 10.6. The Morgan fingerprint density at radius 1 is 1.07 bits per heavy atom. The first kappa shape index (κ1) is 28.3. The molecule has 0 aromatic heterocycles. The van der Waals surface area contributed by atoms with Crippen molar-refractivity contribution in [2.75, 3.05) is 21.3 Å². The molecule has 4 fully saturated rings. The predicted octanol–water partition coefficient (Wildman–Crippen LogP) is 3.95. The Kier molecular flexibility index (Phi) is 7.52. The van der Waals surface area contributed by atoms with E-state index in [1.807, 2.05) is 0 Å². The first-order valence-corrected chi connectivity index (χ1v) is 13.7. The first-order chi connectivity index (χ1) is 19.0. The summed E-state index contributed by atoms with van der Waals surface area (Å²) in [5.74, 6) is 0.474. The van der Waals surface area contributed by atoms with Crippen LogP contribution >= 0.6 is 0 Å². The summed E-state index contributed by atoms with van der Waals surface area (Å²) >= 11 is 0. The van der Waals surface area contributed by atoms with Crippen molar-refractivity contribution < 1.29 is 38.2 Å². The number of hydrogen-bond acceptors (Lipinski definition) is 7. The van der Waals surface area contributed by atoms with Gasteiger partial charge in [-0.1, -0.05) is 26.0 Å². The van der Waals surface area contributed by atoms with Gasteiger partial charge in [0.15, 0.2) is 0 Å². The molecule has 2 bridgehead atoms. The van der Waals surface area contributed by atoms with Crippen LogP contribution in [0.15, 0.2) is 36.4 Å². The molecule has 2 N–H and O–H groups in total.